The van der Waals surface area contributed by atoms with Gasteiger partial charge in [0.2, 0.25) is 0 Å². The molecule has 0 bridgehead atoms. The van der Waals surface area contributed by atoms with Crippen molar-refractivity contribution in [2.24, 2.45) is 0 Å². The number of nitrogens with two attached hydrogens (primary N) is 2. The second-order valence-corrected chi connectivity index (χ2v) is 2.92. The van der Waals surface area contributed by atoms with Crippen LogP contribution in [0, 0.1) is 0 Å². The molecule has 3 heteroatoms. The van der Waals surface area contributed by atoms with Crippen molar-refractivity contribution in [3.8, 4) is 5.75 Å². The fraction of sp³-hybridized carbons (Fsp3) is 0. The number of benzene rings is 2. The molecule has 0 spiro atoms. The van der Waals surface area contributed by atoms with Gasteiger partial charge in [-0.15, -0.1) is 0 Å². The molecule has 0 fully saturated rings. The minimum Gasteiger partial charge on any atom is -0.397 e. The molecule has 2 aromatic carbocycles. The zero-order valence-corrected chi connectivity index (χ0v) is 6.95. The first-order chi connectivity index (χ1) is 6.20. The van der Waals surface area contributed by atoms with Crippen LogP contribution in [0.3, 0.4) is 0 Å². The van der Waals surface area contributed by atoms with Crippen LogP contribution in [0.25, 0.3) is 10.8 Å². The van der Waals surface area contributed by atoms with E-state index in [1.165, 1.54) is 6.07 Å². The Balaban J connectivity index is 2.94. The number of fused-ring (bicyclic) bond motifs is 1. The average Bonchev–Trinajstić information content (AvgIpc) is 2.12. The number of hydrogen-bond donors (Lipinski definition) is 2. The lowest BCUT2D eigenvalue weighted by molar-refractivity contribution is 0.360. The average molecular weight is 173 g/mol. The first kappa shape index (κ1) is 7.73. The molecule has 4 N–H and O–H groups in total. The minimum atomic E-state index is -0.0239. The molecule has 0 aliphatic heterocycles. The molecule has 0 amide bonds. The fourth-order valence-corrected chi connectivity index (χ4v) is 1.37. The Morgan fingerprint density at radius 1 is 0.923 bits per heavy atom. The fourth-order valence-electron chi connectivity index (χ4n) is 1.37. The number of hydrogen-bond acceptors (Lipinski definition) is 2. The molecule has 2 aromatic rings. The van der Waals surface area contributed by atoms with Gasteiger partial charge in [0, 0.05) is 10.8 Å². The van der Waals surface area contributed by atoms with Crippen molar-refractivity contribution < 1.29 is 5.11 Å². The highest BCUT2D eigenvalue weighted by molar-refractivity contribution is 6.01. The van der Waals surface area contributed by atoms with E-state index in [1.54, 1.807) is 24.3 Å². The third-order valence-corrected chi connectivity index (χ3v) is 2.10. The van der Waals surface area contributed by atoms with E-state index < -0.39 is 0 Å². The largest absolute Gasteiger partial charge is 0.397 e. The zero-order chi connectivity index (χ0) is 9.42. The van der Waals surface area contributed by atoms with Crippen molar-refractivity contribution in [3.63, 3.8) is 0 Å². The third kappa shape index (κ3) is 1.05. The Kier molecular flexibility index (Phi) is 1.52. The van der Waals surface area contributed by atoms with Gasteiger partial charge in [-0.1, -0.05) is 12.1 Å². The molecule has 0 unspecified atom stereocenters. The summed E-state index contributed by atoms with van der Waals surface area (Å²) in [6, 6.07) is 8.34. The highest BCUT2D eigenvalue weighted by atomic mass is 16.3. The summed E-state index contributed by atoms with van der Waals surface area (Å²) in [5, 5.41) is 12.7. The topological polar surface area (TPSA) is 71.9 Å². The van der Waals surface area contributed by atoms with Crippen molar-refractivity contribution in [2.45, 2.75) is 0 Å². The molecule has 65 valence electrons. The summed E-state index contributed by atoms with van der Waals surface area (Å²) in [6.07, 6.45) is 0. The van der Waals surface area contributed by atoms with Gasteiger partial charge >= 0.3 is 0 Å². The molecule has 0 saturated carbocycles. The molecule has 0 atom stereocenters. The van der Waals surface area contributed by atoms with Crippen LogP contribution in [0.15, 0.2) is 30.3 Å². The Morgan fingerprint density at radius 3 is 2.46 bits per heavy atom. The van der Waals surface area contributed by atoms with Crippen molar-refractivity contribution in [1.82, 2.24) is 0 Å². The van der Waals surface area contributed by atoms with E-state index in [4.69, 9.17) is 11.5 Å². The Bertz CT molecular complexity index is 466. The second kappa shape index (κ2) is 2.55. The van der Waals surface area contributed by atoms with Gasteiger partial charge in [-0.3, -0.25) is 5.11 Å². The lowest BCUT2D eigenvalue weighted by atomic mass is 10.1. The van der Waals surface area contributed by atoms with E-state index in [9.17, 15) is 5.11 Å². The maximum Gasteiger partial charge on any atom is 0.186 e. The summed E-state index contributed by atoms with van der Waals surface area (Å²) in [5.74, 6) is -0.0239. The van der Waals surface area contributed by atoms with Crippen molar-refractivity contribution in [1.29, 1.82) is 0 Å². The molecule has 2 rings (SSSR count). The van der Waals surface area contributed by atoms with E-state index in [-0.39, 0.29) is 5.75 Å². The van der Waals surface area contributed by atoms with Crippen LogP contribution in [0.5, 0.6) is 5.75 Å². The quantitative estimate of drug-likeness (QED) is 0.599. The van der Waals surface area contributed by atoms with Gasteiger partial charge in [0.05, 0.1) is 11.4 Å². The predicted octanol–water partition coefficient (Wildman–Crippen LogP) is 2.15. The van der Waals surface area contributed by atoms with Crippen LogP contribution in [-0.4, -0.2) is 0 Å². The molecule has 13 heavy (non-hydrogen) atoms. The van der Waals surface area contributed by atoms with Gasteiger partial charge < -0.3 is 11.5 Å². The summed E-state index contributed by atoms with van der Waals surface area (Å²) in [5.41, 5.74) is 12.3. The van der Waals surface area contributed by atoms with Crippen LogP contribution in [0.4, 0.5) is 11.4 Å². The Labute approximate surface area is 75.6 Å². The maximum absolute atomic E-state index is 11.3. The molecular weight excluding hydrogens is 164 g/mol. The molecule has 3 nitrogen and oxygen atoms in total. The minimum absolute atomic E-state index is 0.0239. The van der Waals surface area contributed by atoms with Crippen LogP contribution in [-0.2, 0) is 5.11 Å². The summed E-state index contributed by atoms with van der Waals surface area (Å²) in [4.78, 5) is 0. The number of rotatable bonds is 0. The van der Waals surface area contributed by atoms with E-state index in [0.717, 1.165) is 5.39 Å². The van der Waals surface area contributed by atoms with Gasteiger partial charge in [-0.2, -0.15) is 0 Å². The molecule has 0 aliphatic carbocycles. The highest BCUT2D eigenvalue weighted by Gasteiger charge is 2.04. The monoisotopic (exact) mass is 173 g/mol. The molecule has 0 aliphatic rings. The summed E-state index contributed by atoms with van der Waals surface area (Å²) in [7, 11) is 0. The zero-order valence-electron chi connectivity index (χ0n) is 6.95. The summed E-state index contributed by atoms with van der Waals surface area (Å²) < 4.78 is 0. The van der Waals surface area contributed by atoms with Crippen molar-refractivity contribution in [2.75, 3.05) is 11.5 Å². The molecular formula is C10H9N2O. The van der Waals surface area contributed by atoms with Gasteiger partial charge in [-0.25, -0.2) is 0 Å². The van der Waals surface area contributed by atoms with E-state index in [1.807, 2.05) is 0 Å². The smallest absolute Gasteiger partial charge is 0.186 e. The van der Waals surface area contributed by atoms with Crippen molar-refractivity contribution in [3.05, 3.63) is 30.3 Å². The lowest BCUT2D eigenvalue weighted by Gasteiger charge is -2.04. The third-order valence-electron chi connectivity index (χ3n) is 2.10. The highest BCUT2D eigenvalue weighted by Crippen LogP contribution is 2.31. The SMILES string of the molecule is Nc1ccc2c([O])cccc2c1N. The predicted molar refractivity (Wildman–Crippen MR) is 52.9 cm³/mol. The normalized spacial score (nSPS) is 10.5. The van der Waals surface area contributed by atoms with E-state index >= 15 is 0 Å². The van der Waals surface area contributed by atoms with E-state index in [0.29, 0.717) is 16.8 Å². The van der Waals surface area contributed by atoms with Gasteiger partial charge in [0.25, 0.3) is 0 Å². The molecule has 0 heterocycles. The Hall–Kier alpha value is -1.90. The lowest BCUT2D eigenvalue weighted by Crippen LogP contribution is -1.94. The van der Waals surface area contributed by atoms with Gasteiger partial charge in [-0.05, 0) is 18.2 Å². The first-order valence-corrected chi connectivity index (χ1v) is 3.94. The maximum atomic E-state index is 11.3. The second-order valence-electron chi connectivity index (χ2n) is 2.92. The summed E-state index contributed by atoms with van der Waals surface area (Å²) >= 11 is 0. The first-order valence-electron chi connectivity index (χ1n) is 3.94. The van der Waals surface area contributed by atoms with Crippen LogP contribution in [0.2, 0.25) is 0 Å². The van der Waals surface area contributed by atoms with Crippen LogP contribution >= 0.6 is 0 Å². The van der Waals surface area contributed by atoms with Gasteiger partial charge in [0.1, 0.15) is 0 Å². The van der Waals surface area contributed by atoms with Crippen LogP contribution < -0.4 is 11.5 Å². The molecule has 1 radical (unpaired) electrons. The molecule has 0 aromatic heterocycles. The van der Waals surface area contributed by atoms with E-state index in [2.05, 4.69) is 0 Å². The van der Waals surface area contributed by atoms with Crippen LogP contribution in [0.1, 0.15) is 0 Å². The van der Waals surface area contributed by atoms with Gasteiger partial charge in [0.15, 0.2) is 5.75 Å². The summed E-state index contributed by atoms with van der Waals surface area (Å²) in [6.45, 7) is 0. The molecule has 0 saturated heterocycles. The van der Waals surface area contributed by atoms with Crippen molar-refractivity contribution >= 4 is 22.1 Å². The number of anilines is 2. The number of nitrogen functional groups attached to an aromatic ring is 2. The standard InChI is InChI=1S/C10H9N2O/c11-8-5-4-6-7(10(8)12)2-1-3-9(6)13/h1-5H,11-12H2. The Morgan fingerprint density at radius 2 is 1.69 bits per heavy atom.